The molecule has 1 fully saturated rings. The molecule has 1 aliphatic rings. The molecule has 0 aromatic carbocycles. The minimum atomic E-state index is -0.229. The number of aromatic nitrogens is 1. The average Bonchev–Trinajstić information content (AvgIpc) is 2.29. The van der Waals surface area contributed by atoms with Crippen LogP contribution in [0.15, 0.2) is 24.5 Å². The molecule has 0 amide bonds. The van der Waals surface area contributed by atoms with Crippen molar-refractivity contribution in [3.8, 4) is 0 Å². The van der Waals surface area contributed by atoms with Crippen molar-refractivity contribution in [2.24, 2.45) is 5.92 Å². The number of aliphatic hydroxyl groups excluding tert-OH is 1. The van der Waals surface area contributed by atoms with E-state index in [1.54, 1.807) is 12.4 Å². The third kappa shape index (κ3) is 2.91. The Morgan fingerprint density at radius 3 is 3.00 bits per heavy atom. The van der Waals surface area contributed by atoms with Crippen molar-refractivity contribution in [1.29, 1.82) is 0 Å². The molecular formula is C11H17N3O. The van der Waals surface area contributed by atoms with Crippen LogP contribution in [0.2, 0.25) is 0 Å². The first-order chi connectivity index (χ1) is 7.36. The van der Waals surface area contributed by atoms with Crippen LogP contribution in [-0.2, 0) is 0 Å². The number of piperidine rings is 1. The van der Waals surface area contributed by atoms with Crippen LogP contribution in [-0.4, -0.2) is 35.8 Å². The first-order valence-corrected chi connectivity index (χ1v) is 5.39. The van der Waals surface area contributed by atoms with E-state index in [1.165, 1.54) is 0 Å². The van der Waals surface area contributed by atoms with Crippen LogP contribution >= 0.6 is 0 Å². The molecule has 0 saturated carbocycles. The van der Waals surface area contributed by atoms with Gasteiger partial charge in [-0.25, -0.2) is 0 Å². The second kappa shape index (κ2) is 5.09. The van der Waals surface area contributed by atoms with Gasteiger partial charge in [0.05, 0.1) is 6.10 Å². The number of hydrogen-bond donors (Lipinski definition) is 3. The lowest BCUT2D eigenvalue weighted by Gasteiger charge is -2.28. The summed E-state index contributed by atoms with van der Waals surface area (Å²) < 4.78 is 0. The van der Waals surface area contributed by atoms with Crippen molar-refractivity contribution in [2.75, 3.05) is 25.0 Å². The highest BCUT2D eigenvalue weighted by molar-refractivity contribution is 5.40. The Morgan fingerprint density at radius 2 is 2.27 bits per heavy atom. The van der Waals surface area contributed by atoms with Gasteiger partial charge in [0.15, 0.2) is 0 Å². The maximum Gasteiger partial charge on any atom is 0.0709 e. The number of hydrogen-bond acceptors (Lipinski definition) is 4. The molecule has 0 unspecified atom stereocenters. The zero-order chi connectivity index (χ0) is 10.5. The van der Waals surface area contributed by atoms with E-state index in [0.29, 0.717) is 12.5 Å². The molecule has 2 rings (SSSR count). The number of aliphatic hydroxyl groups is 1. The maximum absolute atomic E-state index is 9.73. The molecule has 1 saturated heterocycles. The lowest BCUT2D eigenvalue weighted by molar-refractivity contribution is 0.0884. The first-order valence-electron chi connectivity index (χ1n) is 5.39. The molecule has 4 heteroatoms. The Morgan fingerprint density at radius 1 is 1.47 bits per heavy atom. The van der Waals surface area contributed by atoms with Gasteiger partial charge >= 0.3 is 0 Å². The minimum Gasteiger partial charge on any atom is -0.391 e. The molecule has 1 aromatic heterocycles. The van der Waals surface area contributed by atoms with E-state index in [-0.39, 0.29) is 6.10 Å². The SMILES string of the molecule is O[C@@H]1CNCC[C@@H]1CNc1ccncc1. The summed E-state index contributed by atoms with van der Waals surface area (Å²) in [5.74, 6) is 0.347. The van der Waals surface area contributed by atoms with E-state index >= 15 is 0 Å². The molecule has 0 bridgehead atoms. The van der Waals surface area contributed by atoms with Gasteiger partial charge in [0.25, 0.3) is 0 Å². The predicted octanol–water partition coefficient (Wildman–Crippen LogP) is 0.464. The van der Waals surface area contributed by atoms with Gasteiger partial charge in [-0.15, -0.1) is 0 Å². The summed E-state index contributed by atoms with van der Waals surface area (Å²) in [4.78, 5) is 3.96. The van der Waals surface area contributed by atoms with Crippen LogP contribution in [0, 0.1) is 5.92 Å². The number of nitrogens with one attached hydrogen (secondary N) is 2. The van der Waals surface area contributed by atoms with Crippen LogP contribution in [0.4, 0.5) is 5.69 Å². The van der Waals surface area contributed by atoms with Crippen molar-refractivity contribution in [3.63, 3.8) is 0 Å². The van der Waals surface area contributed by atoms with E-state index in [4.69, 9.17) is 0 Å². The van der Waals surface area contributed by atoms with Gasteiger partial charge < -0.3 is 15.7 Å². The molecule has 0 spiro atoms. The molecule has 2 heterocycles. The summed E-state index contributed by atoms with van der Waals surface area (Å²) >= 11 is 0. The van der Waals surface area contributed by atoms with Gasteiger partial charge in [0.1, 0.15) is 0 Å². The van der Waals surface area contributed by atoms with Crippen LogP contribution in [0.3, 0.4) is 0 Å². The largest absolute Gasteiger partial charge is 0.391 e. The minimum absolute atomic E-state index is 0.229. The molecule has 15 heavy (non-hydrogen) atoms. The van der Waals surface area contributed by atoms with E-state index in [0.717, 1.165) is 25.2 Å². The van der Waals surface area contributed by atoms with Gasteiger partial charge in [0, 0.05) is 37.1 Å². The summed E-state index contributed by atoms with van der Waals surface area (Å²) in [5, 5.41) is 16.2. The first kappa shape index (κ1) is 10.4. The van der Waals surface area contributed by atoms with Crippen molar-refractivity contribution in [1.82, 2.24) is 10.3 Å². The lowest BCUT2D eigenvalue weighted by atomic mass is 9.95. The summed E-state index contributed by atoms with van der Waals surface area (Å²) in [6, 6.07) is 3.88. The van der Waals surface area contributed by atoms with Crippen LogP contribution in [0.1, 0.15) is 6.42 Å². The monoisotopic (exact) mass is 207 g/mol. The highest BCUT2D eigenvalue weighted by atomic mass is 16.3. The molecular weight excluding hydrogens is 190 g/mol. The highest BCUT2D eigenvalue weighted by Gasteiger charge is 2.22. The third-order valence-electron chi connectivity index (χ3n) is 2.84. The smallest absolute Gasteiger partial charge is 0.0709 e. The van der Waals surface area contributed by atoms with Gasteiger partial charge in [-0.2, -0.15) is 0 Å². The third-order valence-corrected chi connectivity index (χ3v) is 2.84. The second-order valence-electron chi connectivity index (χ2n) is 3.94. The Bertz CT molecular complexity index is 291. The van der Waals surface area contributed by atoms with E-state index in [2.05, 4.69) is 15.6 Å². The fourth-order valence-electron chi connectivity index (χ4n) is 1.85. The standard InChI is InChI=1S/C11H17N3O/c15-11-8-13-4-1-9(11)7-14-10-2-5-12-6-3-10/h2-3,5-6,9,11,13,15H,1,4,7-8H2,(H,12,14)/t9-,11-/m1/s1. The highest BCUT2D eigenvalue weighted by Crippen LogP contribution is 2.14. The van der Waals surface area contributed by atoms with Crippen molar-refractivity contribution in [2.45, 2.75) is 12.5 Å². The van der Waals surface area contributed by atoms with E-state index in [1.807, 2.05) is 12.1 Å². The van der Waals surface area contributed by atoms with Gasteiger partial charge in [0.2, 0.25) is 0 Å². The topological polar surface area (TPSA) is 57.2 Å². The Labute approximate surface area is 89.7 Å². The van der Waals surface area contributed by atoms with Crippen molar-refractivity contribution >= 4 is 5.69 Å². The molecule has 4 nitrogen and oxygen atoms in total. The molecule has 1 aliphatic heterocycles. The van der Waals surface area contributed by atoms with Gasteiger partial charge in [-0.05, 0) is 25.1 Å². The molecule has 0 aliphatic carbocycles. The summed E-state index contributed by atoms with van der Waals surface area (Å²) in [6.45, 7) is 2.54. The van der Waals surface area contributed by atoms with Crippen LogP contribution < -0.4 is 10.6 Å². The molecule has 82 valence electrons. The Balaban J connectivity index is 1.82. The normalized spacial score (nSPS) is 26.2. The number of nitrogens with zero attached hydrogens (tertiary/aromatic N) is 1. The average molecular weight is 207 g/mol. The Hall–Kier alpha value is -1.13. The van der Waals surface area contributed by atoms with Crippen LogP contribution in [0.5, 0.6) is 0 Å². The van der Waals surface area contributed by atoms with Gasteiger partial charge in [-0.1, -0.05) is 0 Å². The van der Waals surface area contributed by atoms with Gasteiger partial charge in [-0.3, -0.25) is 4.98 Å². The molecule has 3 N–H and O–H groups in total. The predicted molar refractivity (Wildman–Crippen MR) is 59.7 cm³/mol. The number of anilines is 1. The van der Waals surface area contributed by atoms with Crippen molar-refractivity contribution < 1.29 is 5.11 Å². The maximum atomic E-state index is 9.73. The zero-order valence-electron chi connectivity index (χ0n) is 8.69. The number of pyridine rings is 1. The molecule has 0 radical (unpaired) electrons. The number of β-amino-alcohol motifs (C(OH)–C–C–N with tert-alkyl or cyclic N) is 1. The fraction of sp³-hybridized carbons (Fsp3) is 0.545. The fourth-order valence-corrected chi connectivity index (χ4v) is 1.85. The van der Waals surface area contributed by atoms with Crippen LogP contribution in [0.25, 0.3) is 0 Å². The second-order valence-corrected chi connectivity index (χ2v) is 3.94. The lowest BCUT2D eigenvalue weighted by Crippen LogP contribution is -2.43. The zero-order valence-corrected chi connectivity index (χ0v) is 8.69. The number of rotatable bonds is 3. The summed E-state index contributed by atoms with van der Waals surface area (Å²) in [7, 11) is 0. The van der Waals surface area contributed by atoms with E-state index in [9.17, 15) is 5.11 Å². The van der Waals surface area contributed by atoms with Crippen molar-refractivity contribution in [3.05, 3.63) is 24.5 Å². The molecule has 2 atom stereocenters. The van der Waals surface area contributed by atoms with E-state index < -0.39 is 0 Å². The summed E-state index contributed by atoms with van der Waals surface area (Å²) in [5.41, 5.74) is 1.07. The Kier molecular flexibility index (Phi) is 3.53. The molecule has 1 aromatic rings. The quantitative estimate of drug-likeness (QED) is 0.674. The summed E-state index contributed by atoms with van der Waals surface area (Å²) in [6.07, 6.45) is 4.33.